The number of unbranched alkanes of at least 4 members (excludes halogenated alkanes) is 2. The average Bonchev–Trinajstić information content (AvgIpc) is 1.57. The van der Waals surface area contributed by atoms with Crippen LogP contribution in [-0.2, 0) is 31.5 Å². The fraction of sp³-hybridized carbons (Fsp3) is 0.448. The first kappa shape index (κ1) is 67.7. The Kier molecular flexibility index (Phi) is 17.4. The Balaban J connectivity index is 1.22. The lowest BCUT2D eigenvalue weighted by molar-refractivity contribution is -0.385. The topological polar surface area (TPSA) is 335 Å². The van der Waals surface area contributed by atoms with Gasteiger partial charge >= 0.3 is 36.5 Å². The van der Waals surface area contributed by atoms with Crippen molar-refractivity contribution in [3.63, 3.8) is 0 Å². The molecule has 0 spiro atoms. The number of aryl methyl sites for hydroxylation is 2. The van der Waals surface area contributed by atoms with Gasteiger partial charge in [-0.1, -0.05) is 0 Å². The molecule has 0 saturated carbocycles. The van der Waals surface area contributed by atoms with Gasteiger partial charge in [0.25, 0.3) is 46.4 Å². The van der Waals surface area contributed by atoms with Crippen molar-refractivity contribution in [2.45, 2.75) is 154 Å². The van der Waals surface area contributed by atoms with Gasteiger partial charge in [0, 0.05) is 60.6 Å². The zero-order valence-corrected chi connectivity index (χ0v) is 50.9. The van der Waals surface area contributed by atoms with Crippen LogP contribution in [0.4, 0.5) is 91.0 Å². The van der Waals surface area contributed by atoms with Gasteiger partial charge in [0.2, 0.25) is 0 Å². The van der Waals surface area contributed by atoms with Crippen LogP contribution < -0.4 is 19.6 Å². The molecule has 2 unspecified atom stereocenters. The first-order valence-corrected chi connectivity index (χ1v) is 28.3. The summed E-state index contributed by atoms with van der Waals surface area (Å²) in [5.41, 5.74) is -16.2. The highest BCUT2D eigenvalue weighted by Gasteiger charge is 2.62. The van der Waals surface area contributed by atoms with Crippen LogP contribution in [0.15, 0.2) is 72.8 Å². The molecule has 4 aromatic carbocycles. The fourth-order valence-electron chi connectivity index (χ4n) is 12.4. The number of urea groups is 4. The van der Waals surface area contributed by atoms with Crippen molar-refractivity contribution in [3.05, 3.63) is 136 Å². The standard InChI is InChI=1S/C58H60F6N12O16/c1-31-27-33(17-21-39(31)75(89)90)67-45(77)53(3,4)65(49(67)81)25-13-11-15-43(71-51(83)68(47(79)55(71,7)8)34-18-22-40(76(91)92)32(2)28-34)44(72-52(84)70(48(80)56(72,9)10)42-24-20-36(74(87)88)30-38(42)58(62,63)64)16-12-14-26-66-50(82)69(46(78)54(66,5)6)41-23-19-35(73(85)86)29-37(41)57(59,60)61/h17-24,27-30,43-44H,11-16,25-26H2,1-10H3. The van der Waals surface area contributed by atoms with Gasteiger partial charge in [0.1, 0.15) is 22.2 Å². The number of carbonyl (C=O) groups is 8. The number of anilines is 4. The first-order chi connectivity index (χ1) is 42.4. The van der Waals surface area contributed by atoms with Gasteiger partial charge in [-0.05, 0) is 144 Å². The van der Waals surface area contributed by atoms with E-state index < -0.39 is 167 Å². The SMILES string of the molecule is Cc1cc(N2C(=O)N(CCCCC(C(CCCCN3C(=O)N(c4ccc([N+](=O)[O-])cc4C(F)(F)F)C(=O)C3(C)C)N3C(=O)N(c4ccc([N+](=O)[O-])cc4C(F)(F)F)C(=O)C3(C)C)N3C(=O)N(c4ccc([N+](=O)[O-])c(C)c4)C(=O)C3(C)C)C(C)(C)C2=O)ccc1[N+](=O)[O-]. The summed E-state index contributed by atoms with van der Waals surface area (Å²) in [6.07, 6.45) is -12.2. The Hall–Kier alpha value is -10.2. The quantitative estimate of drug-likeness (QED) is 0.0246. The highest BCUT2D eigenvalue weighted by molar-refractivity contribution is 6.26. The van der Waals surface area contributed by atoms with Crippen LogP contribution in [0.5, 0.6) is 0 Å². The number of nitro benzene ring substituents is 4. The molecular formula is C58H60F6N12O16. The number of amides is 12. The molecule has 92 heavy (non-hydrogen) atoms. The Morgan fingerprint density at radius 2 is 0.728 bits per heavy atom. The van der Waals surface area contributed by atoms with E-state index in [2.05, 4.69) is 0 Å². The molecule has 2 atom stereocenters. The normalized spacial score (nSPS) is 18.7. The molecule has 28 nitrogen and oxygen atoms in total. The number of nitro groups is 4. The minimum atomic E-state index is -5.45. The molecule has 12 amide bonds. The number of alkyl halides is 6. The largest absolute Gasteiger partial charge is 0.418 e. The molecule has 4 saturated heterocycles. The van der Waals surface area contributed by atoms with Crippen molar-refractivity contribution in [2.75, 3.05) is 32.7 Å². The third-order valence-corrected chi connectivity index (χ3v) is 17.2. The predicted molar refractivity (Wildman–Crippen MR) is 312 cm³/mol. The Morgan fingerprint density at radius 3 is 1.08 bits per heavy atom. The molecular weight excluding hydrogens is 1230 g/mol. The summed E-state index contributed by atoms with van der Waals surface area (Å²) < 4.78 is 88.7. The molecule has 4 aliphatic heterocycles. The average molecular weight is 1300 g/mol. The van der Waals surface area contributed by atoms with Crippen LogP contribution in [0.1, 0.15) is 116 Å². The number of halogens is 6. The lowest BCUT2D eigenvalue weighted by Gasteiger charge is -2.46. The summed E-state index contributed by atoms with van der Waals surface area (Å²) in [5.74, 6) is -4.18. The summed E-state index contributed by atoms with van der Waals surface area (Å²) in [7, 11) is 0. The Morgan fingerprint density at radius 1 is 0.413 bits per heavy atom. The molecule has 4 aromatic rings. The summed E-state index contributed by atoms with van der Waals surface area (Å²) in [5, 5.41) is 46.9. The van der Waals surface area contributed by atoms with Gasteiger partial charge in [-0.15, -0.1) is 0 Å². The van der Waals surface area contributed by atoms with Crippen molar-refractivity contribution in [3.8, 4) is 0 Å². The van der Waals surface area contributed by atoms with E-state index >= 15 is 22.8 Å². The minimum Gasteiger partial charge on any atom is -0.310 e. The molecule has 0 N–H and O–H groups in total. The molecule has 4 fully saturated rings. The number of benzene rings is 4. The number of nitrogens with zero attached hydrogens (tertiary/aromatic N) is 12. The van der Waals surface area contributed by atoms with E-state index in [-0.39, 0.29) is 88.8 Å². The number of carbonyl (C=O) groups excluding carboxylic acids is 8. The number of rotatable bonds is 21. The zero-order chi connectivity index (χ0) is 68.8. The van der Waals surface area contributed by atoms with Crippen molar-refractivity contribution in [2.24, 2.45) is 0 Å². The van der Waals surface area contributed by atoms with E-state index in [1.165, 1.54) is 78.5 Å². The Labute approximate surface area is 518 Å². The molecule has 0 aromatic heterocycles. The van der Waals surface area contributed by atoms with Gasteiger partial charge in [0.15, 0.2) is 0 Å². The van der Waals surface area contributed by atoms with Crippen molar-refractivity contribution in [1.29, 1.82) is 0 Å². The van der Waals surface area contributed by atoms with E-state index in [1.54, 1.807) is 0 Å². The smallest absolute Gasteiger partial charge is 0.310 e. The summed E-state index contributed by atoms with van der Waals surface area (Å²) in [6, 6.07) is 1.70. The third kappa shape index (κ3) is 11.5. The zero-order valence-electron chi connectivity index (χ0n) is 50.9. The highest BCUT2D eigenvalue weighted by atomic mass is 19.4. The summed E-state index contributed by atoms with van der Waals surface area (Å²) >= 11 is 0. The van der Waals surface area contributed by atoms with Gasteiger partial charge in [-0.2, -0.15) is 26.3 Å². The molecule has 490 valence electrons. The molecule has 34 heteroatoms. The van der Waals surface area contributed by atoms with Crippen LogP contribution >= 0.6 is 0 Å². The number of imide groups is 4. The third-order valence-electron chi connectivity index (χ3n) is 17.2. The number of non-ortho nitro benzene ring substituents is 2. The van der Waals surface area contributed by atoms with Crippen LogP contribution in [0.25, 0.3) is 0 Å². The monoisotopic (exact) mass is 1290 g/mol. The first-order valence-electron chi connectivity index (χ1n) is 28.3. The van der Waals surface area contributed by atoms with Gasteiger partial charge in [0.05, 0.1) is 65.7 Å². The number of hydrogen-bond acceptors (Lipinski definition) is 16. The molecule has 0 aliphatic carbocycles. The molecule has 8 rings (SSSR count). The summed E-state index contributed by atoms with van der Waals surface area (Å²) in [4.78, 5) is 167. The van der Waals surface area contributed by atoms with E-state index in [4.69, 9.17) is 0 Å². The summed E-state index contributed by atoms with van der Waals surface area (Å²) in [6.45, 7) is 12.2. The molecule has 4 aliphatic rings. The van der Waals surface area contributed by atoms with Crippen LogP contribution in [0, 0.1) is 54.3 Å². The maximum absolute atomic E-state index is 15.5. The van der Waals surface area contributed by atoms with Crippen LogP contribution in [0.3, 0.4) is 0 Å². The maximum Gasteiger partial charge on any atom is 0.418 e. The fourth-order valence-corrected chi connectivity index (χ4v) is 12.4. The predicted octanol–water partition coefficient (Wildman–Crippen LogP) is 11.3. The van der Waals surface area contributed by atoms with E-state index in [0.29, 0.717) is 29.2 Å². The molecule has 0 bridgehead atoms. The van der Waals surface area contributed by atoms with Crippen LogP contribution in [0.2, 0.25) is 0 Å². The molecule has 4 heterocycles. The number of hydrogen-bond donors (Lipinski definition) is 0. The van der Waals surface area contributed by atoms with Gasteiger partial charge in [-0.25, -0.2) is 38.8 Å². The van der Waals surface area contributed by atoms with E-state index in [9.17, 15) is 82.4 Å². The highest BCUT2D eigenvalue weighted by Crippen LogP contribution is 2.48. The lowest BCUT2D eigenvalue weighted by atomic mass is 9.88. The van der Waals surface area contributed by atoms with Crippen molar-refractivity contribution < 1.29 is 84.4 Å². The maximum atomic E-state index is 15.5. The second kappa shape index (κ2) is 23.6. The molecule has 0 radical (unpaired) electrons. The second-order valence-electron chi connectivity index (χ2n) is 24.5. The van der Waals surface area contributed by atoms with E-state index in [0.717, 1.165) is 51.6 Å². The van der Waals surface area contributed by atoms with Gasteiger partial charge in [-0.3, -0.25) is 59.6 Å². The second-order valence-corrected chi connectivity index (χ2v) is 24.5. The lowest BCUT2D eigenvalue weighted by Crippen LogP contribution is -2.62. The van der Waals surface area contributed by atoms with E-state index in [1.807, 2.05) is 0 Å². The van der Waals surface area contributed by atoms with Crippen molar-refractivity contribution >= 4 is 93.3 Å². The van der Waals surface area contributed by atoms with Crippen molar-refractivity contribution in [1.82, 2.24) is 19.6 Å². The van der Waals surface area contributed by atoms with Gasteiger partial charge < -0.3 is 19.6 Å². The minimum absolute atomic E-state index is 0.00410. The van der Waals surface area contributed by atoms with Crippen LogP contribution in [-0.4, -0.2) is 134 Å². The Bertz CT molecular complexity index is 3870.